The second-order valence-corrected chi connectivity index (χ2v) is 4.25. The van der Waals surface area contributed by atoms with Crippen LogP contribution >= 0.6 is 0 Å². The summed E-state index contributed by atoms with van der Waals surface area (Å²) in [6.07, 6.45) is 1.55. The molecule has 4 heteroatoms. The second-order valence-electron chi connectivity index (χ2n) is 4.25. The van der Waals surface area contributed by atoms with E-state index >= 15 is 0 Å². The Labute approximate surface area is 89.7 Å². The van der Waals surface area contributed by atoms with Crippen molar-refractivity contribution in [2.75, 3.05) is 0 Å². The molecule has 4 nitrogen and oxygen atoms in total. The number of aromatic amines is 1. The first-order valence-corrected chi connectivity index (χ1v) is 5.25. The number of imidazole rings is 1. The van der Waals surface area contributed by atoms with Crippen molar-refractivity contribution in [3.05, 3.63) is 17.2 Å². The molecule has 0 unspecified atom stereocenters. The van der Waals surface area contributed by atoms with Crippen LogP contribution in [0.1, 0.15) is 37.5 Å². The molecule has 0 spiro atoms. The first-order chi connectivity index (χ1) is 6.99. The molecule has 0 bridgehead atoms. The van der Waals surface area contributed by atoms with Crippen LogP contribution in [0.3, 0.4) is 0 Å². The number of aryl methyl sites for hydroxylation is 2. The minimum Gasteiger partial charge on any atom is -0.481 e. The third-order valence-electron chi connectivity index (χ3n) is 2.21. The van der Waals surface area contributed by atoms with Crippen molar-refractivity contribution < 1.29 is 9.90 Å². The van der Waals surface area contributed by atoms with E-state index in [1.807, 2.05) is 6.92 Å². The van der Waals surface area contributed by atoms with Crippen LogP contribution in [-0.4, -0.2) is 21.0 Å². The van der Waals surface area contributed by atoms with Gasteiger partial charge >= 0.3 is 5.97 Å². The van der Waals surface area contributed by atoms with E-state index in [2.05, 4.69) is 23.8 Å². The number of aromatic nitrogens is 2. The van der Waals surface area contributed by atoms with E-state index in [0.29, 0.717) is 12.3 Å². The maximum atomic E-state index is 10.4. The Morgan fingerprint density at radius 1 is 1.53 bits per heavy atom. The zero-order chi connectivity index (χ0) is 11.4. The van der Waals surface area contributed by atoms with Crippen molar-refractivity contribution in [2.45, 2.75) is 40.0 Å². The van der Waals surface area contributed by atoms with Gasteiger partial charge in [0.15, 0.2) is 0 Å². The Balaban J connectivity index is 2.64. The number of H-pyrrole nitrogens is 1. The van der Waals surface area contributed by atoms with Crippen molar-refractivity contribution in [2.24, 2.45) is 5.92 Å². The highest BCUT2D eigenvalue weighted by Gasteiger charge is 2.09. The number of hydrogen-bond acceptors (Lipinski definition) is 2. The van der Waals surface area contributed by atoms with E-state index in [9.17, 15) is 4.79 Å². The minimum atomic E-state index is -0.783. The van der Waals surface area contributed by atoms with Gasteiger partial charge in [0.05, 0.1) is 12.1 Å². The topological polar surface area (TPSA) is 66.0 Å². The first-order valence-electron chi connectivity index (χ1n) is 5.25. The Hall–Kier alpha value is -1.32. The molecule has 84 valence electrons. The van der Waals surface area contributed by atoms with Crippen LogP contribution in [0.5, 0.6) is 0 Å². The lowest BCUT2D eigenvalue weighted by Crippen LogP contribution is -1.99. The van der Waals surface area contributed by atoms with Gasteiger partial charge in [-0.15, -0.1) is 0 Å². The molecule has 0 aliphatic carbocycles. The number of nitrogens with zero attached hydrogens (tertiary/aromatic N) is 1. The van der Waals surface area contributed by atoms with Crippen LogP contribution in [0.4, 0.5) is 0 Å². The number of rotatable bonds is 5. The van der Waals surface area contributed by atoms with Crippen molar-refractivity contribution in [1.29, 1.82) is 0 Å². The van der Waals surface area contributed by atoms with Gasteiger partial charge in [-0.05, 0) is 19.3 Å². The van der Waals surface area contributed by atoms with Crippen molar-refractivity contribution in [3.63, 3.8) is 0 Å². The molecule has 0 amide bonds. The van der Waals surface area contributed by atoms with Gasteiger partial charge < -0.3 is 10.1 Å². The molecule has 0 atom stereocenters. The van der Waals surface area contributed by atoms with E-state index in [4.69, 9.17) is 5.11 Å². The van der Waals surface area contributed by atoms with Gasteiger partial charge in [0.25, 0.3) is 0 Å². The molecule has 1 heterocycles. The van der Waals surface area contributed by atoms with Crippen LogP contribution in [0.25, 0.3) is 0 Å². The van der Waals surface area contributed by atoms with Crippen LogP contribution < -0.4 is 0 Å². The van der Waals surface area contributed by atoms with Gasteiger partial charge in [0, 0.05) is 12.1 Å². The molecular weight excluding hydrogens is 192 g/mol. The summed E-state index contributed by atoms with van der Waals surface area (Å²) in [5.41, 5.74) is 2.12. The van der Waals surface area contributed by atoms with Crippen LogP contribution in [0.15, 0.2) is 0 Å². The van der Waals surface area contributed by atoms with Crippen molar-refractivity contribution >= 4 is 5.97 Å². The minimum absolute atomic E-state index is 0.133. The van der Waals surface area contributed by atoms with Crippen LogP contribution in [-0.2, 0) is 17.6 Å². The first kappa shape index (κ1) is 11.8. The highest BCUT2D eigenvalue weighted by atomic mass is 16.4. The Bertz CT molecular complexity index is 342. The maximum Gasteiger partial charge on any atom is 0.303 e. The predicted octanol–water partition coefficient (Wildman–Crippen LogP) is 1.93. The third kappa shape index (κ3) is 3.73. The Morgan fingerprint density at radius 3 is 2.73 bits per heavy atom. The highest BCUT2D eigenvalue weighted by Crippen LogP contribution is 2.11. The van der Waals surface area contributed by atoms with Crippen molar-refractivity contribution in [1.82, 2.24) is 9.97 Å². The fourth-order valence-corrected chi connectivity index (χ4v) is 1.49. The normalized spacial score (nSPS) is 10.9. The fourth-order valence-electron chi connectivity index (χ4n) is 1.49. The van der Waals surface area contributed by atoms with Gasteiger partial charge in [0.2, 0.25) is 0 Å². The molecule has 2 N–H and O–H groups in total. The summed E-state index contributed by atoms with van der Waals surface area (Å²) in [4.78, 5) is 17.9. The lowest BCUT2D eigenvalue weighted by molar-refractivity contribution is -0.137. The average molecular weight is 210 g/mol. The zero-order valence-electron chi connectivity index (χ0n) is 9.50. The summed E-state index contributed by atoms with van der Waals surface area (Å²) in [6, 6.07) is 0. The molecule has 0 fully saturated rings. The fraction of sp³-hybridized carbons (Fsp3) is 0.636. The second kappa shape index (κ2) is 4.96. The molecule has 0 radical (unpaired) electrons. The summed E-state index contributed by atoms with van der Waals surface area (Å²) < 4.78 is 0. The molecule has 1 rings (SSSR count). The van der Waals surface area contributed by atoms with Crippen molar-refractivity contribution in [3.8, 4) is 0 Å². The lowest BCUT2D eigenvalue weighted by Gasteiger charge is -2.00. The van der Waals surface area contributed by atoms with E-state index < -0.39 is 5.97 Å². The number of carboxylic acid groups (broad SMARTS) is 1. The van der Waals surface area contributed by atoms with E-state index in [-0.39, 0.29) is 6.42 Å². The van der Waals surface area contributed by atoms with E-state index in [1.165, 1.54) is 0 Å². The Kier molecular flexibility index (Phi) is 3.88. The smallest absolute Gasteiger partial charge is 0.303 e. The van der Waals surface area contributed by atoms with Gasteiger partial charge in [-0.2, -0.15) is 0 Å². The summed E-state index contributed by atoms with van der Waals surface area (Å²) in [7, 11) is 0. The average Bonchev–Trinajstić information content (AvgIpc) is 2.43. The van der Waals surface area contributed by atoms with Gasteiger partial charge in [-0.1, -0.05) is 13.8 Å². The highest BCUT2D eigenvalue weighted by molar-refractivity contribution is 5.66. The van der Waals surface area contributed by atoms with Gasteiger partial charge in [-0.3, -0.25) is 4.79 Å². The molecule has 0 aliphatic heterocycles. The molecular formula is C11H18N2O2. The molecule has 1 aromatic heterocycles. The van der Waals surface area contributed by atoms with Crippen LogP contribution in [0, 0.1) is 12.8 Å². The standard InChI is InChI=1S/C11H18N2O2/c1-7(2)6-9-8(3)12-10(13-9)4-5-11(14)15/h7H,4-6H2,1-3H3,(H,12,13)(H,14,15). The monoisotopic (exact) mass is 210 g/mol. The number of carboxylic acids is 1. The van der Waals surface area contributed by atoms with Crippen LogP contribution in [0.2, 0.25) is 0 Å². The molecule has 0 saturated carbocycles. The predicted molar refractivity (Wildman–Crippen MR) is 57.8 cm³/mol. The van der Waals surface area contributed by atoms with Gasteiger partial charge in [-0.25, -0.2) is 4.98 Å². The number of nitrogens with one attached hydrogen (secondary N) is 1. The SMILES string of the molecule is Cc1[nH]c(CCC(=O)O)nc1CC(C)C. The summed E-state index contributed by atoms with van der Waals surface area (Å²) in [5.74, 6) is 0.569. The number of carbonyl (C=O) groups is 1. The third-order valence-corrected chi connectivity index (χ3v) is 2.21. The quantitative estimate of drug-likeness (QED) is 0.780. The summed E-state index contributed by atoms with van der Waals surface area (Å²) >= 11 is 0. The Morgan fingerprint density at radius 2 is 2.20 bits per heavy atom. The van der Waals surface area contributed by atoms with E-state index in [0.717, 1.165) is 23.6 Å². The largest absolute Gasteiger partial charge is 0.481 e. The summed E-state index contributed by atoms with van der Waals surface area (Å²) in [6.45, 7) is 6.27. The molecule has 0 saturated heterocycles. The molecule has 0 aliphatic rings. The van der Waals surface area contributed by atoms with E-state index in [1.54, 1.807) is 0 Å². The number of hydrogen-bond donors (Lipinski definition) is 2. The molecule has 15 heavy (non-hydrogen) atoms. The maximum absolute atomic E-state index is 10.4. The molecule has 1 aromatic rings. The molecule has 0 aromatic carbocycles. The zero-order valence-corrected chi connectivity index (χ0v) is 9.50. The van der Waals surface area contributed by atoms with Gasteiger partial charge in [0.1, 0.15) is 5.82 Å². The number of aliphatic carboxylic acids is 1. The lowest BCUT2D eigenvalue weighted by atomic mass is 10.1. The summed E-state index contributed by atoms with van der Waals surface area (Å²) in [5, 5.41) is 8.55.